The fourth-order valence-corrected chi connectivity index (χ4v) is 1.97. The predicted molar refractivity (Wildman–Crippen MR) is 63.2 cm³/mol. The van der Waals surface area contributed by atoms with Crippen molar-refractivity contribution in [2.75, 3.05) is 31.2 Å². The summed E-state index contributed by atoms with van der Waals surface area (Å²) in [6.45, 7) is 2.79. The molecule has 3 heterocycles. The molecule has 17 heavy (non-hydrogen) atoms. The third kappa shape index (κ3) is 1.87. The highest BCUT2D eigenvalue weighted by molar-refractivity contribution is 5.77. The highest BCUT2D eigenvalue weighted by atomic mass is 16.5. The monoisotopic (exact) mass is 232 g/mol. The van der Waals surface area contributed by atoms with Crippen molar-refractivity contribution in [3.8, 4) is 0 Å². The molecule has 6 heteroatoms. The Kier molecular flexibility index (Phi) is 2.49. The minimum absolute atomic E-state index is 0.113. The number of anilines is 1. The number of fused-ring (bicyclic) bond motifs is 1. The van der Waals surface area contributed by atoms with Gasteiger partial charge in [0.15, 0.2) is 0 Å². The van der Waals surface area contributed by atoms with Crippen molar-refractivity contribution in [3.05, 3.63) is 28.9 Å². The van der Waals surface area contributed by atoms with E-state index in [1.54, 1.807) is 6.20 Å². The van der Waals surface area contributed by atoms with Crippen LogP contribution in [-0.4, -0.2) is 41.3 Å². The Hall–Kier alpha value is -1.95. The van der Waals surface area contributed by atoms with Gasteiger partial charge in [-0.05, 0) is 6.07 Å². The SMILES string of the molecule is O=c1[nH]c2ncncc2cc1N1CCOCC1. The fraction of sp³-hybridized carbons (Fsp3) is 0.364. The summed E-state index contributed by atoms with van der Waals surface area (Å²) in [5, 5.41) is 0.841. The lowest BCUT2D eigenvalue weighted by molar-refractivity contribution is 0.122. The molecule has 1 aliphatic heterocycles. The Morgan fingerprint density at radius 3 is 3.00 bits per heavy atom. The molecule has 0 saturated carbocycles. The van der Waals surface area contributed by atoms with Crippen LogP contribution >= 0.6 is 0 Å². The molecular weight excluding hydrogens is 220 g/mol. The highest BCUT2D eigenvalue weighted by Crippen LogP contribution is 2.14. The van der Waals surface area contributed by atoms with Crippen LogP contribution in [0, 0.1) is 0 Å². The van der Waals surface area contributed by atoms with E-state index < -0.39 is 0 Å². The minimum atomic E-state index is -0.113. The molecule has 1 fully saturated rings. The van der Waals surface area contributed by atoms with Gasteiger partial charge in [0.25, 0.3) is 5.56 Å². The smallest absolute Gasteiger partial charge is 0.273 e. The van der Waals surface area contributed by atoms with Gasteiger partial charge in [0.2, 0.25) is 0 Å². The van der Waals surface area contributed by atoms with E-state index in [0.717, 1.165) is 18.5 Å². The van der Waals surface area contributed by atoms with Gasteiger partial charge in [-0.1, -0.05) is 0 Å². The number of aromatic nitrogens is 3. The third-order valence-corrected chi connectivity index (χ3v) is 2.85. The van der Waals surface area contributed by atoms with Gasteiger partial charge in [0.1, 0.15) is 17.7 Å². The van der Waals surface area contributed by atoms with Crippen LogP contribution in [-0.2, 0) is 4.74 Å². The fourth-order valence-electron chi connectivity index (χ4n) is 1.97. The lowest BCUT2D eigenvalue weighted by Crippen LogP contribution is -2.39. The maximum atomic E-state index is 11.9. The molecule has 0 unspecified atom stereocenters. The normalized spacial score (nSPS) is 16.4. The molecule has 0 amide bonds. The first-order valence-electron chi connectivity index (χ1n) is 5.50. The van der Waals surface area contributed by atoms with Gasteiger partial charge in [0, 0.05) is 24.7 Å². The maximum absolute atomic E-state index is 11.9. The summed E-state index contributed by atoms with van der Waals surface area (Å²) >= 11 is 0. The number of nitrogens with one attached hydrogen (secondary N) is 1. The maximum Gasteiger partial charge on any atom is 0.273 e. The number of hydrogen-bond acceptors (Lipinski definition) is 5. The molecular formula is C11H12N4O2. The van der Waals surface area contributed by atoms with Crippen LogP contribution < -0.4 is 10.5 Å². The first-order valence-corrected chi connectivity index (χ1v) is 5.50. The van der Waals surface area contributed by atoms with Crippen LogP contribution in [0.4, 0.5) is 5.69 Å². The second-order valence-electron chi connectivity index (χ2n) is 3.91. The Morgan fingerprint density at radius 1 is 1.35 bits per heavy atom. The van der Waals surface area contributed by atoms with E-state index in [-0.39, 0.29) is 5.56 Å². The summed E-state index contributed by atoms with van der Waals surface area (Å²) in [5.74, 6) is 0. The van der Waals surface area contributed by atoms with Crippen molar-refractivity contribution >= 4 is 16.7 Å². The molecule has 2 aromatic rings. The molecule has 3 rings (SSSR count). The molecule has 0 aromatic carbocycles. The van der Waals surface area contributed by atoms with Crippen molar-refractivity contribution in [1.29, 1.82) is 0 Å². The summed E-state index contributed by atoms with van der Waals surface area (Å²) in [4.78, 5) is 24.7. The number of nitrogens with zero attached hydrogens (tertiary/aromatic N) is 3. The summed E-state index contributed by atoms with van der Waals surface area (Å²) < 4.78 is 5.27. The summed E-state index contributed by atoms with van der Waals surface area (Å²) in [6.07, 6.45) is 3.12. The number of H-pyrrole nitrogens is 1. The van der Waals surface area contributed by atoms with E-state index >= 15 is 0 Å². The highest BCUT2D eigenvalue weighted by Gasteiger charge is 2.15. The van der Waals surface area contributed by atoms with Crippen LogP contribution in [0.5, 0.6) is 0 Å². The van der Waals surface area contributed by atoms with Gasteiger partial charge < -0.3 is 14.6 Å². The predicted octanol–water partition coefficient (Wildman–Crippen LogP) is 0.155. The Labute approximate surface area is 97.3 Å². The largest absolute Gasteiger partial charge is 0.378 e. The lowest BCUT2D eigenvalue weighted by atomic mass is 10.2. The Bertz CT molecular complexity index is 589. The minimum Gasteiger partial charge on any atom is -0.378 e. The van der Waals surface area contributed by atoms with E-state index in [0.29, 0.717) is 24.5 Å². The average molecular weight is 232 g/mol. The van der Waals surface area contributed by atoms with Crippen LogP contribution in [0.1, 0.15) is 0 Å². The van der Waals surface area contributed by atoms with Gasteiger partial charge in [-0.15, -0.1) is 0 Å². The number of pyridine rings is 1. The van der Waals surface area contributed by atoms with Crippen LogP contribution in [0.3, 0.4) is 0 Å². The van der Waals surface area contributed by atoms with E-state index in [9.17, 15) is 4.79 Å². The van der Waals surface area contributed by atoms with E-state index in [1.165, 1.54) is 6.33 Å². The number of hydrogen-bond donors (Lipinski definition) is 1. The van der Waals surface area contributed by atoms with Gasteiger partial charge in [-0.3, -0.25) is 4.79 Å². The lowest BCUT2D eigenvalue weighted by Gasteiger charge is -2.28. The zero-order valence-corrected chi connectivity index (χ0v) is 9.22. The van der Waals surface area contributed by atoms with Crippen molar-refractivity contribution in [1.82, 2.24) is 15.0 Å². The van der Waals surface area contributed by atoms with E-state index in [4.69, 9.17) is 4.74 Å². The van der Waals surface area contributed by atoms with E-state index in [2.05, 4.69) is 15.0 Å². The number of rotatable bonds is 1. The zero-order chi connectivity index (χ0) is 11.7. The summed E-state index contributed by atoms with van der Waals surface area (Å²) in [7, 11) is 0. The molecule has 6 nitrogen and oxygen atoms in total. The molecule has 2 aromatic heterocycles. The quantitative estimate of drug-likeness (QED) is 0.758. The number of ether oxygens (including phenoxy) is 1. The van der Waals surface area contributed by atoms with E-state index in [1.807, 2.05) is 11.0 Å². The molecule has 0 aliphatic carbocycles. The number of aromatic amines is 1. The summed E-state index contributed by atoms with van der Waals surface area (Å²) in [5.41, 5.74) is 1.12. The average Bonchev–Trinajstić information content (AvgIpc) is 2.39. The molecule has 0 bridgehead atoms. The molecule has 1 aliphatic rings. The van der Waals surface area contributed by atoms with Crippen molar-refractivity contribution in [2.45, 2.75) is 0 Å². The van der Waals surface area contributed by atoms with Gasteiger partial charge in [0.05, 0.1) is 13.2 Å². The van der Waals surface area contributed by atoms with Crippen molar-refractivity contribution < 1.29 is 4.74 Å². The first kappa shape index (κ1) is 10.2. The van der Waals surface area contributed by atoms with Gasteiger partial charge in [-0.25, -0.2) is 9.97 Å². The van der Waals surface area contributed by atoms with Gasteiger partial charge in [-0.2, -0.15) is 0 Å². The van der Waals surface area contributed by atoms with Gasteiger partial charge >= 0.3 is 0 Å². The standard InChI is InChI=1S/C11H12N4O2/c16-11-9(15-1-3-17-4-2-15)5-8-6-12-7-13-10(8)14-11/h5-7H,1-4H2,(H,12,13,14,16). The molecule has 1 saturated heterocycles. The van der Waals surface area contributed by atoms with Crippen LogP contribution in [0.25, 0.3) is 11.0 Å². The molecule has 88 valence electrons. The molecule has 1 N–H and O–H groups in total. The second kappa shape index (κ2) is 4.14. The molecule has 0 spiro atoms. The zero-order valence-electron chi connectivity index (χ0n) is 9.22. The van der Waals surface area contributed by atoms with Crippen molar-refractivity contribution in [2.24, 2.45) is 0 Å². The third-order valence-electron chi connectivity index (χ3n) is 2.85. The first-order chi connectivity index (χ1) is 8.34. The summed E-state index contributed by atoms with van der Waals surface area (Å²) in [6, 6.07) is 1.83. The van der Waals surface area contributed by atoms with Crippen LogP contribution in [0.2, 0.25) is 0 Å². The molecule has 0 radical (unpaired) electrons. The molecule has 0 atom stereocenters. The Morgan fingerprint density at radius 2 is 2.18 bits per heavy atom. The second-order valence-corrected chi connectivity index (χ2v) is 3.91. The Balaban J connectivity index is 2.09. The van der Waals surface area contributed by atoms with Crippen molar-refractivity contribution in [3.63, 3.8) is 0 Å². The van der Waals surface area contributed by atoms with Crippen LogP contribution in [0.15, 0.2) is 23.4 Å². The number of morpholine rings is 1. The topological polar surface area (TPSA) is 71.1 Å².